The minimum Gasteiger partial charge on any atom is -0.293 e. The van der Waals surface area contributed by atoms with Crippen molar-refractivity contribution in [2.75, 3.05) is 0 Å². The van der Waals surface area contributed by atoms with Crippen molar-refractivity contribution in [3.05, 3.63) is 33.8 Å². The van der Waals surface area contributed by atoms with E-state index in [1.165, 1.54) is 0 Å². The Labute approximate surface area is 98.0 Å². The van der Waals surface area contributed by atoms with Crippen molar-refractivity contribution in [3.8, 4) is 6.07 Å². The number of hydrogen-bond donors (Lipinski definition) is 0. The van der Waals surface area contributed by atoms with E-state index in [2.05, 4.69) is 15.9 Å². The number of benzene rings is 1. The maximum absolute atomic E-state index is 11.9. The third-order valence-electron chi connectivity index (χ3n) is 2.33. The minimum absolute atomic E-state index is 0.0787. The SMILES string of the molecule is CCC(C#N)C(=O)c1ccc(Br)cc1C. The van der Waals surface area contributed by atoms with E-state index in [9.17, 15) is 4.79 Å². The molecule has 2 nitrogen and oxygen atoms in total. The average molecular weight is 266 g/mol. The Kier molecular flexibility index (Phi) is 4.05. The van der Waals surface area contributed by atoms with E-state index in [0.717, 1.165) is 10.0 Å². The van der Waals surface area contributed by atoms with Crippen molar-refractivity contribution >= 4 is 21.7 Å². The molecule has 0 amide bonds. The highest BCUT2D eigenvalue weighted by Crippen LogP contribution is 2.19. The van der Waals surface area contributed by atoms with E-state index in [4.69, 9.17) is 5.26 Å². The molecule has 0 spiro atoms. The van der Waals surface area contributed by atoms with Crippen molar-refractivity contribution in [2.45, 2.75) is 20.3 Å². The van der Waals surface area contributed by atoms with Crippen LogP contribution in [0.1, 0.15) is 29.3 Å². The van der Waals surface area contributed by atoms with Crippen LogP contribution in [0.15, 0.2) is 22.7 Å². The van der Waals surface area contributed by atoms with Crippen molar-refractivity contribution in [1.29, 1.82) is 5.26 Å². The fourth-order valence-corrected chi connectivity index (χ4v) is 1.90. The molecular formula is C12H12BrNO. The summed E-state index contributed by atoms with van der Waals surface area (Å²) in [6, 6.07) is 7.51. The fraction of sp³-hybridized carbons (Fsp3) is 0.333. The Bertz CT molecular complexity index is 420. The lowest BCUT2D eigenvalue weighted by Crippen LogP contribution is -2.13. The van der Waals surface area contributed by atoms with Crippen LogP contribution in [0.3, 0.4) is 0 Å². The normalized spacial score (nSPS) is 11.9. The molecule has 78 valence electrons. The summed E-state index contributed by atoms with van der Waals surface area (Å²) in [5, 5.41) is 8.82. The van der Waals surface area contributed by atoms with E-state index in [-0.39, 0.29) is 5.78 Å². The molecule has 1 aromatic carbocycles. The van der Waals surface area contributed by atoms with Crippen LogP contribution in [-0.4, -0.2) is 5.78 Å². The number of Topliss-reactive ketones (excluding diaryl/α,β-unsaturated/α-hetero) is 1. The molecular weight excluding hydrogens is 254 g/mol. The molecule has 1 aromatic rings. The number of aryl methyl sites for hydroxylation is 1. The molecule has 15 heavy (non-hydrogen) atoms. The highest BCUT2D eigenvalue weighted by Gasteiger charge is 2.18. The molecule has 1 rings (SSSR count). The van der Waals surface area contributed by atoms with Gasteiger partial charge < -0.3 is 0 Å². The van der Waals surface area contributed by atoms with E-state index in [1.807, 2.05) is 32.0 Å². The summed E-state index contributed by atoms with van der Waals surface area (Å²) in [6.45, 7) is 3.72. The van der Waals surface area contributed by atoms with Gasteiger partial charge in [-0.2, -0.15) is 5.26 Å². The predicted molar refractivity (Wildman–Crippen MR) is 62.6 cm³/mol. The minimum atomic E-state index is -0.523. The molecule has 0 bridgehead atoms. The van der Waals surface area contributed by atoms with Crippen molar-refractivity contribution in [2.24, 2.45) is 5.92 Å². The van der Waals surface area contributed by atoms with E-state index in [0.29, 0.717) is 12.0 Å². The van der Waals surface area contributed by atoms with Crippen LogP contribution in [0.5, 0.6) is 0 Å². The maximum Gasteiger partial charge on any atom is 0.180 e. The second-order valence-corrected chi connectivity index (χ2v) is 4.33. The van der Waals surface area contributed by atoms with Gasteiger partial charge in [0.05, 0.1) is 6.07 Å². The zero-order valence-electron chi connectivity index (χ0n) is 8.75. The third-order valence-corrected chi connectivity index (χ3v) is 2.83. The molecule has 0 aliphatic rings. The number of rotatable bonds is 3. The second-order valence-electron chi connectivity index (χ2n) is 3.41. The van der Waals surface area contributed by atoms with Gasteiger partial charge in [0, 0.05) is 10.0 Å². The lowest BCUT2D eigenvalue weighted by atomic mass is 9.94. The van der Waals surface area contributed by atoms with E-state index in [1.54, 1.807) is 6.07 Å². The third kappa shape index (κ3) is 2.66. The Morgan fingerprint density at radius 2 is 2.27 bits per heavy atom. The molecule has 0 N–H and O–H groups in total. The van der Waals surface area contributed by atoms with Gasteiger partial charge in [-0.1, -0.05) is 22.9 Å². The molecule has 0 aromatic heterocycles. The first-order valence-electron chi connectivity index (χ1n) is 4.80. The number of ketones is 1. The van der Waals surface area contributed by atoms with Gasteiger partial charge in [-0.25, -0.2) is 0 Å². The summed E-state index contributed by atoms with van der Waals surface area (Å²) in [7, 11) is 0. The summed E-state index contributed by atoms with van der Waals surface area (Å²) in [5.41, 5.74) is 1.55. The molecule has 0 aliphatic carbocycles. The number of carbonyl (C=O) groups excluding carboxylic acids is 1. The standard InChI is InChI=1S/C12H12BrNO/c1-3-9(7-14)12(15)11-5-4-10(13)6-8(11)2/h4-6,9H,3H2,1-2H3. The molecule has 0 saturated carbocycles. The van der Waals surface area contributed by atoms with Crippen LogP contribution in [0.25, 0.3) is 0 Å². The second kappa shape index (κ2) is 5.09. The Balaban J connectivity index is 3.07. The highest BCUT2D eigenvalue weighted by atomic mass is 79.9. The fourth-order valence-electron chi connectivity index (χ4n) is 1.43. The van der Waals surface area contributed by atoms with Crippen LogP contribution in [-0.2, 0) is 0 Å². The van der Waals surface area contributed by atoms with Crippen molar-refractivity contribution in [1.82, 2.24) is 0 Å². The van der Waals surface area contributed by atoms with Gasteiger partial charge in [0.15, 0.2) is 5.78 Å². The number of nitriles is 1. The largest absolute Gasteiger partial charge is 0.293 e. The molecule has 0 radical (unpaired) electrons. The number of carbonyl (C=O) groups is 1. The summed E-state index contributed by atoms with van der Waals surface area (Å²) < 4.78 is 0.946. The van der Waals surface area contributed by atoms with Crippen LogP contribution in [0.2, 0.25) is 0 Å². The van der Waals surface area contributed by atoms with Crippen LogP contribution < -0.4 is 0 Å². The van der Waals surface area contributed by atoms with Crippen LogP contribution in [0, 0.1) is 24.2 Å². The summed E-state index contributed by atoms with van der Waals surface area (Å²) >= 11 is 3.34. The van der Waals surface area contributed by atoms with Crippen molar-refractivity contribution < 1.29 is 4.79 Å². The molecule has 0 aliphatic heterocycles. The molecule has 1 atom stereocenters. The van der Waals surface area contributed by atoms with Gasteiger partial charge >= 0.3 is 0 Å². The summed E-state index contributed by atoms with van der Waals surface area (Å²) in [6.07, 6.45) is 0.560. The number of nitrogens with zero attached hydrogens (tertiary/aromatic N) is 1. The molecule has 0 saturated heterocycles. The molecule has 1 unspecified atom stereocenters. The zero-order valence-corrected chi connectivity index (χ0v) is 10.3. The van der Waals surface area contributed by atoms with Crippen LogP contribution >= 0.6 is 15.9 Å². The van der Waals surface area contributed by atoms with E-state index < -0.39 is 5.92 Å². The number of halogens is 1. The van der Waals surface area contributed by atoms with Gasteiger partial charge in [0.1, 0.15) is 5.92 Å². The van der Waals surface area contributed by atoms with Crippen LogP contribution in [0.4, 0.5) is 0 Å². The van der Waals surface area contributed by atoms with Gasteiger partial charge in [-0.05, 0) is 37.1 Å². The summed E-state index contributed by atoms with van der Waals surface area (Å²) in [4.78, 5) is 11.9. The quantitative estimate of drug-likeness (QED) is 0.786. The first-order valence-corrected chi connectivity index (χ1v) is 5.59. The molecule has 3 heteroatoms. The Morgan fingerprint density at radius 3 is 2.73 bits per heavy atom. The topological polar surface area (TPSA) is 40.9 Å². The van der Waals surface area contributed by atoms with Gasteiger partial charge in [-0.3, -0.25) is 4.79 Å². The van der Waals surface area contributed by atoms with E-state index >= 15 is 0 Å². The zero-order chi connectivity index (χ0) is 11.4. The van der Waals surface area contributed by atoms with Gasteiger partial charge in [-0.15, -0.1) is 0 Å². The molecule has 0 fully saturated rings. The van der Waals surface area contributed by atoms with Gasteiger partial charge in [0.2, 0.25) is 0 Å². The van der Waals surface area contributed by atoms with Crippen molar-refractivity contribution in [3.63, 3.8) is 0 Å². The lowest BCUT2D eigenvalue weighted by molar-refractivity contribution is 0.0946. The maximum atomic E-state index is 11.9. The monoisotopic (exact) mass is 265 g/mol. The highest BCUT2D eigenvalue weighted by molar-refractivity contribution is 9.10. The first-order chi connectivity index (χ1) is 7.10. The lowest BCUT2D eigenvalue weighted by Gasteiger charge is -2.08. The predicted octanol–water partition coefficient (Wildman–Crippen LogP) is 3.49. The summed E-state index contributed by atoms with van der Waals surface area (Å²) in [5.74, 6) is -0.602. The Hall–Kier alpha value is -1.14. The van der Waals surface area contributed by atoms with Gasteiger partial charge in [0.25, 0.3) is 0 Å². The average Bonchev–Trinajstić information content (AvgIpc) is 2.19. The number of hydrogen-bond acceptors (Lipinski definition) is 2. The molecule has 0 heterocycles. The smallest absolute Gasteiger partial charge is 0.180 e. The Morgan fingerprint density at radius 1 is 1.60 bits per heavy atom. The first kappa shape index (κ1) is 11.9.